The third kappa shape index (κ3) is 17.3. The molecule has 0 spiro atoms. The molecule has 3 rings (SSSR count). The SMILES string of the molecule is CC.CC(C)(C)C.CC(OC(=O)CNC(=O)NC(C(=O)N1C[C@H](CCCl)CC1C(=O)NC(CC1CCCC1)C(=O)C(N)=O)C(C)(C)C)c1ccccc1. The fraction of sp³-hybridized carbons (Fsp3) is 0.700. The molecule has 1 heterocycles. The first-order chi connectivity index (χ1) is 24.7. The maximum Gasteiger partial charge on any atom is 0.326 e. The van der Waals surface area contributed by atoms with Gasteiger partial charge >= 0.3 is 12.0 Å². The van der Waals surface area contributed by atoms with Gasteiger partial charge in [0.2, 0.25) is 17.6 Å². The van der Waals surface area contributed by atoms with Gasteiger partial charge in [-0.2, -0.15) is 0 Å². The number of carbonyl (C=O) groups excluding carboxylic acids is 6. The number of halogens is 1. The Morgan fingerprint density at radius 2 is 1.49 bits per heavy atom. The van der Waals surface area contributed by atoms with E-state index in [-0.39, 0.29) is 18.4 Å². The van der Waals surface area contributed by atoms with Crippen molar-refractivity contribution in [3.63, 3.8) is 0 Å². The van der Waals surface area contributed by atoms with Crippen LogP contribution in [0.25, 0.3) is 0 Å². The monoisotopic (exact) mass is 763 g/mol. The summed E-state index contributed by atoms with van der Waals surface area (Å²) in [5, 5.41) is 7.87. The van der Waals surface area contributed by atoms with Crippen LogP contribution < -0.4 is 21.7 Å². The predicted molar refractivity (Wildman–Crippen MR) is 209 cm³/mol. The van der Waals surface area contributed by atoms with E-state index >= 15 is 0 Å². The van der Waals surface area contributed by atoms with E-state index in [2.05, 4.69) is 43.6 Å². The van der Waals surface area contributed by atoms with Gasteiger partial charge in [-0.25, -0.2) is 4.79 Å². The van der Waals surface area contributed by atoms with Crippen LogP contribution in [0.2, 0.25) is 0 Å². The number of urea groups is 1. The van der Waals surface area contributed by atoms with Gasteiger partial charge < -0.3 is 31.3 Å². The molecule has 0 bridgehead atoms. The van der Waals surface area contributed by atoms with Crippen molar-refractivity contribution in [3.8, 4) is 0 Å². The highest BCUT2D eigenvalue weighted by molar-refractivity contribution is 6.37. The zero-order valence-corrected chi connectivity index (χ0v) is 34.4. The normalized spacial score (nSPS) is 18.9. The van der Waals surface area contributed by atoms with Gasteiger partial charge in [0.25, 0.3) is 5.91 Å². The summed E-state index contributed by atoms with van der Waals surface area (Å²) in [5.74, 6) is -3.26. The van der Waals surface area contributed by atoms with Crippen LogP contribution >= 0.6 is 11.6 Å². The zero-order chi connectivity index (χ0) is 40.5. The number of carbonyl (C=O) groups is 6. The van der Waals surface area contributed by atoms with Crippen molar-refractivity contribution in [1.82, 2.24) is 20.9 Å². The summed E-state index contributed by atoms with van der Waals surface area (Å²) in [4.78, 5) is 79.0. The molecule has 2 fully saturated rings. The number of rotatable bonds is 14. The first-order valence-corrected chi connectivity index (χ1v) is 19.5. The maximum atomic E-state index is 14.1. The summed E-state index contributed by atoms with van der Waals surface area (Å²) in [6.07, 6.45) is 4.48. The van der Waals surface area contributed by atoms with Crippen LogP contribution in [0.15, 0.2) is 30.3 Å². The highest BCUT2D eigenvalue weighted by atomic mass is 35.5. The van der Waals surface area contributed by atoms with E-state index in [9.17, 15) is 28.8 Å². The number of primary amides is 1. The Bertz CT molecular complexity index is 1330. The van der Waals surface area contributed by atoms with Gasteiger partial charge in [-0.3, -0.25) is 24.0 Å². The lowest BCUT2D eigenvalue weighted by atomic mass is 9.85. The lowest BCUT2D eigenvalue weighted by Crippen LogP contribution is -2.60. The second kappa shape index (κ2) is 22.5. The summed E-state index contributed by atoms with van der Waals surface area (Å²) in [6, 6.07) is 5.31. The Labute approximate surface area is 322 Å². The van der Waals surface area contributed by atoms with E-state index in [1.165, 1.54) is 4.90 Å². The number of alkyl halides is 1. The smallest absolute Gasteiger partial charge is 0.326 e. The van der Waals surface area contributed by atoms with Crippen LogP contribution in [0.3, 0.4) is 0 Å². The molecule has 13 heteroatoms. The maximum absolute atomic E-state index is 14.1. The lowest BCUT2D eigenvalue weighted by molar-refractivity contribution is -0.147. The zero-order valence-electron chi connectivity index (χ0n) is 33.7. The fourth-order valence-corrected chi connectivity index (χ4v) is 6.52. The Morgan fingerprint density at radius 3 is 2.00 bits per heavy atom. The van der Waals surface area contributed by atoms with Gasteiger partial charge in [0.05, 0.1) is 6.04 Å². The number of ether oxygens (including phenoxy) is 1. The van der Waals surface area contributed by atoms with E-state index < -0.39 is 71.7 Å². The first kappa shape index (κ1) is 47.4. The van der Waals surface area contributed by atoms with E-state index in [1.807, 2.05) is 44.2 Å². The molecule has 1 aliphatic carbocycles. The Morgan fingerprint density at radius 1 is 0.925 bits per heavy atom. The molecule has 1 aliphatic heterocycles. The predicted octanol–water partition coefficient (Wildman–Crippen LogP) is 6.05. The minimum absolute atomic E-state index is 0.0897. The van der Waals surface area contributed by atoms with Gasteiger partial charge in [0.1, 0.15) is 24.7 Å². The molecule has 0 aromatic heterocycles. The molecular weight excluding hydrogens is 698 g/mol. The summed E-state index contributed by atoms with van der Waals surface area (Å²) in [7, 11) is 0. The molecule has 1 saturated carbocycles. The number of nitrogens with zero attached hydrogens (tertiary/aromatic N) is 1. The Kier molecular flexibility index (Phi) is 20.1. The van der Waals surface area contributed by atoms with Gasteiger partial charge in [-0.15, -0.1) is 11.6 Å². The third-order valence-electron chi connectivity index (χ3n) is 8.77. The number of amides is 5. The number of esters is 1. The molecule has 4 unspecified atom stereocenters. The van der Waals surface area contributed by atoms with E-state index in [1.54, 1.807) is 27.7 Å². The van der Waals surface area contributed by atoms with Crippen molar-refractivity contribution in [2.45, 2.75) is 138 Å². The van der Waals surface area contributed by atoms with Crippen molar-refractivity contribution in [3.05, 3.63) is 35.9 Å². The Balaban J connectivity index is 0.00000184. The van der Waals surface area contributed by atoms with Gasteiger partial charge in [0.15, 0.2) is 0 Å². The minimum Gasteiger partial charge on any atom is -0.456 e. The first-order valence-electron chi connectivity index (χ1n) is 19.0. The second-order valence-corrected chi connectivity index (χ2v) is 16.8. The number of Topliss-reactive ketones (excluding diaryl/α,β-unsaturated/α-hetero) is 1. The number of hydrogen-bond donors (Lipinski definition) is 4. The molecule has 0 radical (unpaired) electrons. The molecule has 53 heavy (non-hydrogen) atoms. The van der Waals surface area contributed by atoms with Crippen LogP contribution in [0, 0.1) is 22.7 Å². The van der Waals surface area contributed by atoms with Crippen LogP contribution in [-0.2, 0) is 28.7 Å². The fourth-order valence-electron chi connectivity index (χ4n) is 6.21. The molecule has 300 valence electrons. The molecule has 5 N–H and O–H groups in total. The number of likely N-dealkylation sites (tertiary alicyclic amines) is 1. The summed E-state index contributed by atoms with van der Waals surface area (Å²) in [6.45, 7) is 19.6. The number of hydrogen-bond acceptors (Lipinski definition) is 7. The van der Waals surface area contributed by atoms with Crippen LogP contribution in [0.5, 0.6) is 0 Å². The topological polar surface area (TPSA) is 177 Å². The van der Waals surface area contributed by atoms with Crippen LogP contribution in [-0.4, -0.2) is 77.5 Å². The minimum atomic E-state index is -1.12. The van der Waals surface area contributed by atoms with E-state index in [0.29, 0.717) is 30.6 Å². The molecular formula is C40H66ClN5O7. The summed E-state index contributed by atoms with van der Waals surface area (Å²) >= 11 is 6.02. The highest BCUT2D eigenvalue weighted by Crippen LogP contribution is 2.32. The van der Waals surface area contributed by atoms with Crippen molar-refractivity contribution in [1.29, 1.82) is 0 Å². The molecule has 1 aromatic rings. The van der Waals surface area contributed by atoms with E-state index in [4.69, 9.17) is 22.1 Å². The molecule has 1 aromatic carbocycles. The molecule has 2 aliphatic rings. The quantitative estimate of drug-likeness (QED) is 0.101. The molecule has 1 saturated heterocycles. The second-order valence-electron chi connectivity index (χ2n) is 16.4. The highest BCUT2D eigenvalue weighted by Gasteiger charge is 2.45. The van der Waals surface area contributed by atoms with Crippen molar-refractivity contribution in [2.75, 3.05) is 19.0 Å². The number of nitrogens with two attached hydrogens (primary N) is 1. The summed E-state index contributed by atoms with van der Waals surface area (Å²) < 4.78 is 5.40. The average molecular weight is 764 g/mol. The van der Waals surface area contributed by atoms with Gasteiger partial charge in [-0.05, 0) is 54.4 Å². The van der Waals surface area contributed by atoms with Crippen LogP contribution in [0.1, 0.15) is 126 Å². The van der Waals surface area contributed by atoms with E-state index in [0.717, 1.165) is 31.2 Å². The largest absolute Gasteiger partial charge is 0.456 e. The molecule has 12 nitrogen and oxygen atoms in total. The number of nitrogens with one attached hydrogen (secondary N) is 3. The number of ketones is 1. The van der Waals surface area contributed by atoms with Crippen LogP contribution in [0.4, 0.5) is 4.79 Å². The lowest BCUT2D eigenvalue weighted by Gasteiger charge is -2.35. The Hall–Kier alpha value is -3.67. The van der Waals surface area contributed by atoms with Crippen molar-refractivity contribution < 1.29 is 33.5 Å². The molecule has 5 amide bonds. The average Bonchev–Trinajstić information content (AvgIpc) is 3.76. The number of benzene rings is 1. The van der Waals surface area contributed by atoms with Gasteiger partial charge in [-0.1, -0.05) is 118 Å². The van der Waals surface area contributed by atoms with Crippen molar-refractivity contribution in [2.24, 2.45) is 28.4 Å². The standard InChI is InChI=1S/C33H48ClN5O7.C5H12.C2H6/c1-20(23-12-6-5-7-13-23)46-26(40)18-36-32(45)38-28(33(2,3)4)31(44)39-19-22(14-15-34)17-25(39)30(43)37-24(27(41)29(35)42)16-21-10-8-9-11-21;1-5(2,3)4;1-2/h5-7,12-13,20-22,24-25,28H,8-11,14-19H2,1-4H3,(H2,35,42)(H,37,43)(H2,36,38,45);1-4H3;1-2H3/t20?,22-,24?,25?,28?;;/m1../s1. The summed E-state index contributed by atoms with van der Waals surface area (Å²) in [5.41, 5.74) is 5.83. The third-order valence-corrected chi connectivity index (χ3v) is 8.99. The van der Waals surface area contributed by atoms with Gasteiger partial charge in [0, 0.05) is 12.4 Å². The molecule has 5 atom stereocenters. The van der Waals surface area contributed by atoms with Crippen molar-refractivity contribution >= 4 is 47.1 Å².